The second-order valence-corrected chi connectivity index (χ2v) is 5.48. The normalized spacial score (nSPS) is 22.4. The fourth-order valence-electron chi connectivity index (χ4n) is 2.47. The van der Waals surface area contributed by atoms with Gasteiger partial charge in [0.15, 0.2) is 0 Å². The number of aryl methyl sites for hydroxylation is 1. The maximum Gasteiger partial charge on any atom is 0.346 e. The lowest BCUT2D eigenvalue weighted by Crippen LogP contribution is -2.36. The lowest BCUT2D eigenvalue weighted by Gasteiger charge is -2.25. The van der Waals surface area contributed by atoms with E-state index in [4.69, 9.17) is 0 Å². The number of fused-ring (bicyclic) bond motifs is 2. The van der Waals surface area contributed by atoms with E-state index in [2.05, 4.69) is 9.38 Å². The molecule has 0 saturated carbocycles. The molecular weight excluding hydrogens is 288 g/mol. The number of rotatable bonds is 3. The average Bonchev–Trinajstić information content (AvgIpc) is 2.87. The number of hydrogen-bond acceptors (Lipinski definition) is 6. The molecule has 108 valence electrons. The number of carbonyl (C=O) groups excluding carboxylic acids is 1. The van der Waals surface area contributed by atoms with Gasteiger partial charge in [-0.05, 0) is 6.07 Å². The van der Waals surface area contributed by atoms with Crippen LogP contribution in [0.4, 0.5) is 4.79 Å². The van der Waals surface area contributed by atoms with Crippen LogP contribution in [0.1, 0.15) is 5.69 Å². The van der Waals surface area contributed by atoms with E-state index in [1.807, 2.05) is 0 Å². The zero-order valence-electron chi connectivity index (χ0n) is 10.5. The van der Waals surface area contributed by atoms with Crippen LogP contribution in [0.15, 0.2) is 18.3 Å². The highest BCUT2D eigenvalue weighted by atomic mass is 32.3. The highest BCUT2D eigenvalue weighted by Gasteiger charge is 2.44. The van der Waals surface area contributed by atoms with Gasteiger partial charge in [0.25, 0.3) is 0 Å². The molecule has 2 aliphatic heterocycles. The van der Waals surface area contributed by atoms with Crippen LogP contribution in [-0.4, -0.2) is 57.9 Å². The summed E-state index contributed by atoms with van der Waals surface area (Å²) in [5.74, 6) is 0. The van der Waals surface area contributed by atoms with Crippen LogP contribution >= 0.6 is 0 Å². The summed E-state index contributed by atoms with van der Waals surface area (Å²) in [6.45, 7) is 0.597. The molecule has 9 nitrogen and oxygen atoms in total. The molecule has 1 fully saturated rings. The van der Waals surface area contributed by atoms with Crippen molar-refractivity contribution < 1.29 is 22.0 Å². The van der Waals surface area contributed by atoms with Crippen LogP contribution in [0.5, 0.6) is 0 Å². The molecule has 0 N–H and O–H groups in total. The number of carbonyl (C=O) groups is 1. The Morgan fingerprint density at radius 1 is 1.50 bits per heavy atom. The van der Waals surface area contributed by atoms with E-state index in [0.717, 1.165) is 5.69 Å². The quantitative estimate of drug-likeness (QED) is 0.540. The first-order chi connectivity index (χ1) is 9.37. The molecule has 2 bridgehead atoms. The molecule has 0 aromatic carbocycles. The van der Waals surface area contributed by atoms with Gasteiger partial charge < -0.3 is 9.45 Å². The zero-order chi connectivity index (χ0) is 14.5. The Balaban J connectivity index is 1.98. The molecule has 0 aliphatic carbocycles. The second-order valence-electron chi connectivity index (χ2n) is 4.51. The summed E-state index contributed by atoms with van der Waals surface area (Å²) in [5.41, 5.74) is 1.44. The number of urea groups is 1. The first kappa shape index (κ1) is 13.1. The van der Waals surface area contributed by atoms with Gasteiger partial charge in [-0.15, -0.1) is 0 Å². The van der Waals surface area contributed by atoms with E-state index >= 15 is 0 Å². The summed E-state index contributed by atoms with van der Waals surface area (Å²) in [5, 5.41) is 4.65. The fourth-order valence-corrected chi connectivity index (χ4v) is 2.83. The highest BCUT2D eigenvalue weighted by molar-refractivity contribution is 7.80. The number of hydroxylamine groups is 2. The van der Waals surface area contributed by atoms with Crippen LogP contribution in [0, 0.1) is 0 Å². The third-order valence-corrected chi connectivity index (χ3v) is 3.66. The van der Waals surface area contributed by atoms with Gasteiger partial charge in [0.2, 0.25) is 10.4 Å². The minimum atomic E-state index is -5.00. The van der Waals surface area contributed by atoms with Gasteiger partial charge in [-0.2, -0.15) is 14.4 Å². The predicted octanol–water partition coefficient (Wildman–Crippen LogP) is -0.685. The number of hydrogen-bond donors (Lipinski definition) is 0. The summed E-state index contributed by atoms with van der Waals surface area (Å²) in [4.78, 5) is 13.3. The molecule has 1 saturated heterocycles. The third kappa shape index (κ3) is 2.07. The molecular formula is C10H11N4O5S-. The van der Waals surface area contributed by atoms with Crippen LogP contribution in [0.2, 0.25) is 0 Å². The molecule has 0 spiro atoms. The SMILES string of the molecule is Cn1nccc1C1=CCN2CC1N(OS(=O)(=O)[O-])C2=O. The van der Waals surface area contributed by atoms with Gasteiger partial charge >= 0.3 is 6.03 Å². The molecule has 1 unspecified atom stereocenters. The van der Waals surface area contributed by atoms with Crippen LogP contribution in [-0.2, 0) is 21.7 Å². The first-order valence-corrected chi connectivity index (χ1v) is 7.12. The van der Waals surface area contributed by atoms with Crippen LogP contribution < -0.4 is 0 Å². The van der Waals surface area contributed by atoms with E-state index in [1.165, 1.54) is 4.90 Å². The number of amides is 2. The summed E-state index contributed by atoms with van der Waals surface area (Å²) >= 11 is 0. The van der Waals surface area contributed by atoms with Gasteiger partial charge in [-0.25, -0.2) is 13.2 Å². The monoisotopic (exact) mass is 299 g/mol. The van der Waals surface area contributed by atoms with Gasteiger partial charge in [0.1, 0.15) is 6.04 Å². The molecule has 10 heteroatoms. The van der Waals surface area contributed by atoms with Crippen molar-refractivity contribution >= 4 is 22.0 Å². The van der Waals surface area contributed by atoms with E-state index in [0.29, 0.717) is 17.2 Å². The zero-order valence-corrected chi connectivity index (χ0v) is 11.3. The van der Waals surface area contributed by atoms with E-state index < -0.39 is 22.5 Å². The summed E-state index contributed by atoms with van der Waals surface area (Å²) < 4.78 is 38.1. The minimum absolute atomic E-state index is 0.269. The van der Waals surface area contributed by atoms with Gasteiger partial charge in [0.05, 0.1) is 12.2 Å². The Kier molecular flexibility index (Phi) is 2.81. The molecule has 1 aromatic heterocycles. The van der Waals surface area contributed by atoms with Gasteiger partial charge in [-0.3, -0.25) is 4.68 Å². The summed E-state index contributed by atoms with van der Waals surface area (Å²) in [6.07, 6.45) is 3.39. The fraction of sp³-hybridized carbons (Fsp3) is 0.400. The van der Waals surface area contributed by atoms with Crippen molar-refractivity contribution in [3.8, 4) is 0 Å². The maximum atomic E-state index is 11.9. The standard InChI is InChI=1S/C10H12N4O5S/c1-12-8(2-4-11-12)7-3-5-13-6-9(7)14(10(13)15)19-20(16,17)18/h2-4,9H,5-6H2,1H3,(H,16,17,18)/p-1. The molecule has 20 heavy (non-hydrogen) atoms. The van der Waals surface area contributed by atoms with Crippen molar-refractivity contribution in [2.24, 2.45) is 7.05 Å². The molecule has 3 heterocycles. The Morgan fingerprint density at radius 2 is 2.25 bits per heavy atom. The predicted molar refractivity (Wildman–Crippen MR) is 64.6 cm³/mol. The van der Waals surface area contributed by atoms with Crippen molar-refractivity contribution in [3.05, 3.63) is 24.0 Å². The van der Waals surface area contributed by atoms with E-state index in [-0.39, 0.29) is 6.54 Å². The van der Waals surface area contributed by atoms with Gasteiger partial charge in [-0.1, -0.05) is 6.08 Å². The second kappa shape index (κ2) is 4.30. The van der Waals surface area contributed by atoms with Crippen LogP contribution in [0.25, 0.3) is 5.57 Å². The summed E-state index contributed by atoms with van der Waals surface area (Å²) in [6, 6.07) is 0.465. The number of nitrogens with zero attached hydrogens (tertiary/aromatic N) is 4. The molecule has 0 radical (unpaired) electrons. The topological polar surface area (TPSA) is 108 Å². The maximum absolute atomic E-state index is 11.9. The summed E-state index contributed by atoms with van der Waals surface area (Å²) in [7, 11) is -3.27. The van der Waals surface area contributed by atoms with Crippen molar-refractivity contribution in [3.63, 3.8) is 0 Å². The van der Waals surface area contributed by atoms with Crippen molar-refractivity contribution in [2.75, 3.05) is 13.1 Å². The molecule has 2 aliphatic rings. The largest absolute Gasteiger partial charge is 0.724 e. The smallest absolute Gasteiger partial charge is 0.346 e. The Labute approximate surface area is 114 Å². The molecule has 1 aromatic rings. The van der Waals surface area contributed by atoms with E-state index in [9.17, 15) is 17.8 Å². The highest BCUT2D eigenvalue weighted by Crippen LogP contribution is 2.32. The molecule has 3 rings (SSSR count). The lowest BCUT2D eigenvalue weighted by atomic mass is 10.0. The first-order valence-electron chi connectivity index (χ1n) is 5.79. The van der Waals surface area contributed by atoms with Crippen molar-refractivity contribution in [1.29, 1.82) is 0 Å². The van der Waals surface area contributed by atoms with Crippen molar-refractivity contribution in [1.82, 2.24) is 19.7 Å². The van der Waals surface area contributed by atoms with E-state index in [1.54, 1.807) is 30.1 Å². The molecule has 1 atom stereocenters. The lowest BCUT2D eigenvalue weighted by molar-refractivity contribution is -0.0172. The molecule has 2 amide bonds. The van der Waals surface area contributed by atoms with Crippen LogP contribution in [0.3, 0.4) is 0 Å². The minimum Gasteiger partial charge on any atom is -0.724 e. The van der Waals surface area contributed by atoms with Crippen molar-refractivity contribution in [2.45, 2.75) is 6.04 Å². The average molecular weight is 299 g/mol. The third-order valence-electron chi connectivity index (χ3n) is 3.31. The van der Waals surface area contributed by atoms with Gasteiger partial charge in [0, 0.05) is 25.4 Å². The Bertz CT molecular complexity index is 694. The number of aromatic nitrogens is 2. The Hall–Kier alpha value is -1.91. The Morgan fingerprint density at radius 3 is 2.85 bits per heavy atom.